The molecule has 1 aromatic rings. The molecule has 3 nitrogen and oxygen atoms in total. The molecule has 1 aromatic carbocycles. The van der Waals surface area contributed by atoms with Crippen LogP contribution < -0.4 is 0 Å². The van der Waals surface area contributed by atoms with E-state index in [0.717, 1.165) is 18.4 Å². The number of hydrogen-bond donors (Lipinski definition) is 0. The van der Waals surface area contributed by atoms with E-state index in [1.807, 2.05) is 0 Å². The monoisotopic (exact) mass is 311 g/mol. The second-order valence-corrected chi connectivity index (χ2v) is 7.06. The van der Waals surface area contributed by atoms with Crippen molar-refractivity contribution in [2.24, 2.45) is 0 Å². The molecule has 0 N–H and O–H groups in total. The maximum atomic E-state index is 10.8. The van der Waals surface area contributed by atoms with Crippen molar-refractivity contribution in [3.8, 4) is 0 Å². The van der Waals surface area contributed by atoms with Gasteiger partial charge in [0.25, 0.3) is 0 Å². The van der Waals surface area contributed by atoms with Crippen molar-refractivity contribution in [3.63, 3.8) is 0 Å². The standard InChI is InChI=1S/C17H28O3S/c1-2-3-4-5-6-7-8-9-10-11-16-12-14-17(15-13-16)21(18,19)20/h12-15H,2-11H2,1H3,(H,18,19,20)/p-1. The first-order valence-electron chi connectivity index (χ1n) is 8.09. The molecule has 0 saturated carbocycles. The predicted molar refractivity (Wildman–Crippen MR) is 85.3 cm³/mol. The second-order valence-electron chi connectivity index (χ2n) is 5.68. The minimum atomic E-state index is -4.31. The van der Waals surface area contributed by atoms with E-state index in [2.05, 4.69) is 6.92 Å². The van der Waals surface area contributed by atoms with Gasteiger partial charge in [-0.25, -0.2) is 8.42 Å². The molecule has 0 amide bonds. The smallest absolute Gasteiger partial charge is 0.124 e. The number of unbranched alkanes of at least 4 members (excludes halogenated alkanes) is 8. The first-order chi connectivity index (χ1) is 10.0. The Morgan fingerprint density at radius 2 is 1.29 bits per heavy atom. The van der Waals surface area contributed by atoms with Crippen LogP contribution in [0.1, 0.15) is 70.3 Å². The van der Waals surface area contributed by atoms with Crippen molar-refractivity contribution in [2.45, 2.75) is 76.0 Å². The van der Waals surface area contributed by atoms with E-state index < -0.39 is 10.1 Å². The molecule has 21 heavy (non-hydrogen) atoms. The van der Waals surface area contributed by atoms with Crippen LogP contribution in [0.25, 0.3) is 0 Å². The van der Waals surface area contributed by atoms with E-state index in [0.29, 0.717) is 0 Å². The van der Waals surface area contributed by atoms with Crippen LogP contribution >= 0.6 is 0 Å². The molecule has 0 aliphatic heterocycles. The normalized spacial score (nSPS) is 11.7. The minimum Gasteiger partial charge on any atom is -0.744 e. The molecule has 0 saturated heterocycles. The van der Waals surface area contributed by atoms with Crippen molar-refractivity contribution >= 4 is 10.1 Å². The van der Waals surface area contributed by atoms with Gasteiger partial charge in [-0.15, -0.1) is 0 Å². The Kier molecular flexibility index (Phi) is 8.62. The van der Waals surface area contributed by atoms with Crippen LogP contribution in [0.15, 0.2) is 29.2 Å². The van der Waals surface area contributed by atoms with Gasteiger partial charge in [-0.2, -0.15) is 0 Å². The summed E-state index contributed by atoms with van der Waals surface area (Å²) >= 11 is 0. The summed E-state index contributed by atoms with van der Waals surface area (Å²) in [5.74, 6) is 0. The summed E-state index contributed by atoms with van der Waals surface area (Å²) in [6.07, 6.45) is 12.6. The zero-order valence-electron chi connectivity index (χ0n) is 13.0. The summed E-state index contributed by atoms with van der Waals surface area (Å²) in [7, 11) is -4.31. The third-order valence-electron chi connectivity index (χ3n) is 3.78. The average Bonchev–Trinajstić information content (AvgIpc) is 2.45. The van der Waals surface area contributed by atoms with Gasteiger partial charge in [0.1, 0.15) is 10.1 Å². The van der Waals surface area contributed by atoms with Crippen LogP contribution in [-0.2, 0) is 16.5 Å². The molecule has 0 bridgehead atoms. The van der Waals surface area contributed by atoms with Crippen molar-refractivity contribution in [3.05, 3.63) is 29.8 Å². The van der Waals surface area contributed by atoms with Gasteiger partial charge in [-0.1, -0.05) is 70.4 Å². The molecular formula is C17H27O3S-. The maximum Gasteiger partial charge on any atom is 0.124 e. The van der Waals surface area contributed by atoms with Crippen LogP contribution in [0.4, 0.5) is 0 Å². The lowest BCUT2D eigenvalue weighted by molar-refractivity contribution is 0.463. The zero-order valence-corrected chi connectivity index (χ0v) is 13.8. The topological polar surface area (TPSA) is 57.2 Å². The Bertz CT molecular complexity index is 477. The zero-order chi connectivity index (χ0) is 15.6. The Hall–Kier alpha value is -0.870. The molecular weight excluding hydrogens is 284 g/mol. The van der Waals surface area contributed by atoms with E-state index in [9.17, 15) is 13.0 Å². The van der Waals surface area contributed by atoms with E-state index in [-0.39, 0.29) is 4.90 Å². The largest absolute Gasteiger partial charge is 0.744 e. The molecule has 0 aliphatic carbocycles. The van der Waals surface area contributed by atoms with Gasteiger partial charge < -0.3 is 4.55 Å². The van der Waals surface area contributed by atoms with E-state index in [4.69, 9.17) is 0 Å². The third-order valence-corrected chi connectivity index (χ3v) is 4.63. The van der Waals surface area contributed by atoms with E-state index in [1.54, 1.807) is 12.1 Å². The highest BCUT2D eigenvalue weighted by Gasteiger charge is 2.01. The molecule has 1 rings (SSSR count). The van der Waals surface area contributed by atoms with Gasteiger partial charge in [-0.3, -0.25) is 0 Å². The minimum absolute atomic E-state index is 0.140. The molecule has 0 radical (unpaired) electrons. The van der Waals surface area contributed by atoms with Crippen LogP contribution in [0.2, 0.25) is 0 Å². The van der Waals surface area contributed by atoms with Crippen LogP contribution in [-0.4, -0.2) is 13.0 Å². The van der Waals surface area contributed by atoms with Gasteiger partial charge in [0.15, 0.2) is 0 Å². The lowest BCUT2D eigenvalue weighted by Gasteiger charge is -2.08. The SMILES string of the molecule is CCCCCCCCCCCc1ccc(S(=O)(=O)[O-])cc1. The third kappa shape index (κ3) is 8.22. The quantitative estimate of drug-likeness (QED) is 0.441. The summed E-state index contributed by atoms with van der Waals surface area (Å²) in [6.45, 7) is 2.24. The Morgan fingerprint density at radius 3 is 1.76 bits per heavy atom. The Labute approximate surface area is 129 Å². The van der Waals surface area contributed by atoms with Crippen molar-refractivity contribution < 1.29 is 13.0 Å². The summed E-state index contributed by atoms with van der Waals surface area (Å²) in [5.41, 5.74) is 1.10. The molecule has 0 aliphatic rings. The van der Waals surface area contributed by atoms with Gasteiger partial charge in [0, 0.05) is 0 Å². The molecule has 0 aromatic heterocycles. The molecule has 0 spiro atoms. The fraction of sp³-hybridized carbons (Fsp3) is 0.647. The van der Waals surface area contributed by atoms with Crippen LogP contribution in [0, 0.1) is 0 Å². The summed E-state index contributed by atoms with van der Waals surface area (Å²) in [5, 5.41) is 0. The molecule has 0 unspecified atom stereocenters. The summed E-state index contributed by atoms with van der Waals surface area (Å²) in [4.78, 5) is -0.140. The first kappa shape index (κ1) is 18.2. The van der Waals surface area contributed by atoms with E-state index in [1.165, 1.54) is 63.5 Å². The molecule has 0 heterocycles. The van der Waals surface area contributed by atoms with Gasteiger partial charge in [0.05, 0.1) is 4.90 Å². The number of aryl methyl sites for hydroxylation is 1. The fourth-order valence-corrected chi connectivity index (χ4v) is 2.93. The summed E-state index contributed by atoms with van der Waals surface area (Å²) < 4.78 is 32.4. The highest BCUT2D eigenvalue weighted by Crippen LogP contribution is 2.14. The Balaban J connectivity index is 2.10. The van der Waals surface area contributed by atoms with Crippen molar-refractivity contribution in [1.29, 1.82) is 0 Å². The van der Waals surface area contributed by atoms with Crippen LogP contribution in [0.5, 0.6) is 0 Å². The lowest BCUT2D eigenvalue weighted by atomic mass is 10.0. The number of rotatable bonds is 11. The van der Waals surface area contributed by atoms with Crippen molar-refractivity contribution in [2.75, 3.05) is 0 Å². The molecule has 0 atom stereocenters. The fourth-order valence-electron chi connectivity index (χ4n) is 2.46. The van der Waals surface area contributed by atoms with Crippen molar-refractivity contribution in [1.82, 2.24) is 0 Å². The highest BCUT2D eigenvalue weighted by atomic mass is 32.2. The second kappa shape index (κ2) is 9.96. The number of benzene rings is 1. The molecule has 0 fully saturated rings. The van der Waals surface area contributed by atoms with Gasteiger partial charge >= 0.3 is 0 Å². The van der Waals surface area contributed by atoms with Gasteiger partial charge in [0.2, 0.25) is 0 Å². The maximum absolute atomic E-state index is 10.8. The molecule has 120 valence electrons. The highest BCUT2D eigenvalue weighted by molar-refractivity contribution is 7.85. The number of hydrogen-bond acceptors (Lipinski definition) is 3. The molecule has 4 heteroatoms. The predicted octanol–water partition coefficient (Wildman–Crippen LogP) is 4.66. The van der Waals surface area contributed by atoms with E-state index >= 15 is 0 Å². The first-order valence-corrected chi connectivity index (χ1v) is 9.49. The average molecular weight is 311 g/mol. The van der Waals surface area contributed by atoms with Crippen LogP contribution in [0.3, 0.4) is 0 Å². The lowest BCUT2D eigenvalue weighted by Crippen LogP contribution is -1.98. The Morgan fingerprint density at radius 1 is 0.810 bits per heavy atom. The van der Waals surface area contributed by atoms with Gasteiger partial charge in [-0.05, 0) is 30.5 Å². The summed E-state index contributed by atoms with van der Waals surface area (Å²) in [6, 6.07) is 6.31.